The summed E-state index contributed by atoms with van der Waals surface area (Å²) in [5.41, 5.74) is 6.14. The van der Waals surface area contributed by atoms with Gasteiger partial charge in [0.1, 0.15) is 0 Å². The van der Waals surface area contributed by atoms with E-state index in [2.05, 4.69) is 52.0 Å². The summed E-state index contributed by atoms with van der Waals surface area (Å²) in [4.78, 5) is 4.96. The van der Waals surface area contributed by atoms with Crippen LogP contribution >= 0.6 is 0 Å². The Morgan fingerprint density at radius 3 is 1.69 bits per heavy atom. The molecule has 0 atom stereocenters. The predicted octanol–water partition coefficient (Wildman–Crippen LogP) is 9.15. The molecule has 1 aromatic rings. The van der Waals surface area contributed by atoms with Crippen LogP contribution < -0.4 is 0 Å². The molecule has 1 aromatic heterocycles. The molecular weight excluding hydrogens is 390 g/mol. The van der Waals surface area contributed by atoms with Gasteiger partial charge in [-0.15, -0.1) is 0 Å². The van der Waals surface area contributed by atoms with E-state index in [9.17, 15) is 5.11 Å². The maximum Gasteiger partial charge on any atom is 0.0482 e. The Hall–Kier alpha value is -1.41. The van der Waals surface area contributed by atoms with Crippen LogP contribution in [-0.4, -0.2) is 16.7 Å². The van der Waals surface area contributed by atoms with Crippen molar-refractivity contribution in [3.63, 3.8) is 0 Å². The van der Waals surface area contributed by atoms with Gasteiger partial charge in [-0.25, -0.2) is 0 Å². The molecule has 32 heavy (non-hydrogen) atoms. The number of aryl methyl sites for hydroxylation is 2. The summed E-state index contributed by atoms with van der Waals surface area (Å²) in [6.07, 6.45) is 29.3. The SMILES string of the molecule is CCCCCCCC/C=C\c1c(CCCO)nc(C)c(/C=C/CCCCCCCC)c1C. The minimum Gasteiger partial charge on any atom is -0.396 e. The molecule has 1 heterocycles. The van der Waals surface area contributed by atoms with E-state index in [0.29, 0.717) is 0 Å². The Morgan fingerprint density at radius 1 is 0.656 bits per heavy atom. The average molecular weight is 442 g/mol. The van der Waals surface area contributed by atoms with Gasteiger partial charge < -0.3 is 5.11 Å². The highest BCUT2D eigenvalue weighted by Crippen LogP contribution is 2.24. The number of unbranched alkanes of at least 4 members (excludes halogenated alkanes) is 12. The zero-order valence-corrected chi connectivity index (χ0v) is 21.7. The van der Waals surface area contributed by atoms with Gasteiger partial charge in [0.15, 0.2) is 0 Å². The van der Waals surface area contributed by atoms with E-state index in [0.717, 1.165) is 37.1 Å². The van der Waals surface area contributed by atoms with Crippen molar-refractivity contribution in [2.24, 2.45) is 0 Å². The summed E-state index contributed by atoms with van der Waals surface area (Å²) in [5.74, 6) is 0. The quantitative estimate of drug-likeness (QED) is 0.217. The van der Waals surface area contributed by atoms with Gasteiger partial charge in [-0.3, -0.25) is 4.98 Å². The van der Waals surface area contributed by atoms with Gasteiger partial charge in [0.2, 0.25) is 0 Å². The van der Waals surface area contributed by atoms with Crippen molar-refractivity contribution in [2.75, 3.05) is 6.61 Å². The zero-order chi connectivity index (χ0) is 23.4. The molecule has 182 valence electrons. The van der Waals surface area contributed by atoms with Crippen LogP contribution in [0.4, 0.5) is 0 Å². The van der Waals surface area contributed by atoms with Crippen molar-refractivity contribution in [2.45, 2.75) is 130 Å². The number of hydrogen-bond donors (Lipinski definition) is 1. The highest BCUT2D eigenvalue weighted by molar-refractivity contribution is 5.66. The predicted molar refractivity (Wildman–Crippen MR) is 143 cm³/mol. The minimum atomic E-state index is 0.223. The van der Waals surface area contributed by atoms with Crippen LogP contribution in [0.1, 0.15) is 138 Å². The van der Waals surface area contributed by atoms with Gasteiger partial charge in [0.05, 0.1) is 0 Å². The molecule has 1 rings (SSSR count). The van der Waals surface area contributed by atoms with Crippen molar-refractivity contribution in [3.8, 4) is 0 Å². The lowest BCUT2D eigenvalue weighted by Crippen LogP contribution is -2.04. The van der Waals surface area contributed by atoms with E-state index in [1.54, 1.807) is 0 Å². The second-order valence-electron chi connectivity index (χ2n) is 9.34. The Labute approximate surface area is 199 Å². The largest absolute Gasteiger partial charge is 0.396 e. The number of hydrogen-bond acceptors (Lipinski definition) is 2. The Morgan fingerprint density at radius 2 is 1.16 bits per heavy atom. The van der Waals surface area contributed by atoms with Gasteiger partial charge >= 0.3 is 0 Å². The van der Waals surface area contributed by atoms with Crippen LogP contribution in [0.5, 0.6) is 0 Å². The van der Waals surface area contributed by atoms with Crippen molar-refractivity contribution in [1.82, 2.24) is 4.98 Å². The molecule has 1 N–H and O–H groups in total. The minimum absolute atomic E-state index is 0.223. The molecule has 0 aliphatic heterocycles. The van der Waals surface area contributed by atoms with Crippen LogP contribution in [0.3, 0.4) is 0 Å². The highest BCUT2D eigenvalue weighted by Gasteiger charge is 2.11. The number of pyridine rings is 1. The first-order chi connectivity index (χ1) is 15.7. The maximum atomic E-state index is 9.32. The molecule has 0 saturated carbocycles. The average Bonchev–Trinajstić information content (AvgIpc) is 2.79. The number of aromatic nitrogens is 1. The number of allylic oxidation sites excluding steroid dienone is 2. The summed E-state index contributed by atoms with van der Waals surface area (Å²) in [7, 11) is 0. The number of aliphatic hydroxyl groups is 1. The normalized spacial score (nSPS) is 11.9. The second-order valence-corrected chi connectivity index (χ2v) is 9.34. The standard InChI is InChI=1S/C30H51NO/c1-5-7-9-11-13-15-17-19-22-28-26(3)29(30(24-21-25-32)31-27(28)4)23-20-18-16-14-12-10-8-6-2/h19-20,22-23,32H,5-18,21,24-25H2,1-4H3/b22-19+,23-20-. The van der Waals surface area contributed by atoms with Crippen LogP contribution in [0.15, 0.2) is 12.2 Å². The highest BCUT2D eigenvalue weighted by atomic mass is 16.2. The topological polar surface area (TPSA) is 33.1 Å². The van der Waals surface area contributed by atoms with Crippen LogP contribution in [0, 0.1) is 13.8 Å². The molecule has 2 nitrogen and oxygen atoms in total. The fraction of sp³-hybridized carbons (Fsp3) is 0.700. The van der Waals surface area contributed by atoms with Gasteiger partial charge in [0.25, 0.3) is 0 Å². The molecule has 0 spiro atoms. The van der Waals surface area contributed by atoms with Gasteiger partial charge in [-0.05, 0) is 69.1 Å². The third-order valence-corrected chi connectivity index (χ3v) is 6.40. The smallest absolute Gasteiger partial charge is 0.0482 e. The Balaban J connectivity index is 2.74. The summed E-state index contributed by atoms with van der Waals surface area (Å²) < 4.78 is 0. The summed E-state index contributed by atoms with van der Waals surface area (Å²) in [5, 5.41) is 9.32. The van der Waals surface area contributed by atoms with E-state index in [1.807, 2.05) is 0 Å². The molecule has 0 radical (unpaired) electrons. The monoisotopic (exact) mass is 441 g/mol. The van der Waals surface area contributed by atoms with E-state index in [4.69, 9.17) is 4.98 Å². The molecular formula is C30H51NO. The lowest BCUT2D eigenvalue weighted by Gasteiger charge is -2.14. The van der Waals surface area contributed by atoms with E-state index < -0.39 is 0 Å². The molecule has 0 aliphatic rings. The van der Waals surface area contributed by atoms with Crippen LogP contribution in [0.2, 0.25) is 0 Å². The number of rotatable bonds is 19. The first-order valence-corrected chi connectivity index (χ1v) is 13.6. The van der Waals surface area contributed by atoms with Crippen LogP contribution in [0.25, 0.3) is 12.2 Å². The molecule has 0 amide bonds. The molecule has 0 bridgehead atoms. The van der Waals surface area contributed by atoms with Gasteiger partial charge in [0, 0.05) is 18.0 Å². The Bertz CT molecular complexity index is 659. The number of aliphatic hydroxyl groups excluding tert-OH is 1. The third-order valence-electron chi connectivity index (χ3n) is 6.40. The molecule has 0 unspecified atom stereocenters. The molecule has 0 saturated heterocycles. The van der Waals surface area contributed by atoms with E-state index in [-0.39, 0.29) is 6.61 Å². The van der Waals surface area contributed by atoms with Gasteiger partial charge in [-0.2, -0.15) is 0 Å². The van der Waals surface area contributed by atoms with E-state index in [1.165, 1.54) is 93.7 Å². The van der Waals surface area contributed by atoms with Crippen molar-refractivity contribution >= 4 is 12.2 Å². The molecule has 0 aromatic carbocycles. The lowest BCUT2D eigenvalue weighted by molar-refractivity contribution is 0.288. The maximum absolute atomic E-state index is 9.32. The fourth-order valence-corrected chi connectivity index (χ4v) is 4.35. The lowest BCUT2D eigenvalue weighted by atomic mass is 9.96. The van der Waals surface area contributed by atoms with Crippen molar-refractivity contribution in [1.29, 1.82) is 0 Å². The Kier molecular flexibility index (Phi) is 17.1. The molecule has 2 heteroatoms. The fourth-order valence-electron chi connectivity index (χ4n) is 4.35. The van der Waals surface area contributed by atoms with Crippen molar-refractivity contribution in [3.05, 3.63) is 40.2 Å². The molecule has 0 aliphatic carbocycles. The second kappa shape index (κ2) is 19.1. The summed E-state index contributed by atoms with van der Waals surface area (Å²) in [6, 6.07) is 0. The summed E-state index contributed by atoms with van der Waals surface area (Å²) in [6.45, 7) is 9.14. The first-order valence-electron chi connectivity index (χ1n) is 13.6. The van der Waals surface area contributed by atoms with E-state index >= 15 is 0 Å². The zero-order valence-electron chi connectivity index (χ0n) is 21.7. The summed E-state index contributed by atoms with van der Waals surface area (Å²) >= 11 is 0. The number of nitrogens with zero attached hydrogens (tertiary/aromatic N) is 1. The van der Waals surface area contributed by atoms with Crippen LogP contribution in [-0.2, 0) is 6.42 Å². The van der Waals surface area contributed by atoms with Crippen molar-refractivity contribution < 1.29 is 5.11 Å². The molecule has 0 fully saturated rings. The van der Waals surface area contributed by atoms with Gasteiger partial charge in [-0.1, -0.05) is 102 Å². The third kappa shape index (κ3) is 12.0. The first kappa shape index (κ1) is 28.6.